The highest BCUT2D eigenvalue weighted by Gasteiger charge is 2.40. The number of amides is 1. The van der Waals surface area contributed by atoms with Crippen LogP contribution in [0.3, 0.4) is 0 Å². The van der Waals surface area contributed by atoms with Crippen LogP contribution < -0.4 is 10.2 Å². The molecule has 2 aliphatic rings. The number of anilines is 1. The molecule has 1 aromatic heterocycles. The number of rotatable bonds is 10. The third kappa shape index (κ3) is 6.44. The average molecular weight is 535 g/mol. The minimum absolute atomic E-state index is 0.0685. The fourth-order valence-electron chi connectivity index (χ4n) is 5.40. The number of carbonyl (C=O) groups is 2. The predicted octanol–water partition coefficient (Wildman–Crippen LogP) is 3.78. The minimum Gasteiger partial charge on any atom is -0.372 e. The summed E-state index contributed by atoms with van der Waals surface area (Å²) >= 11 is 0. The fraction of sp³-hybridized carbons (Fsp3) is 0.519. The average Bonchev–Trinajstić information content (AvgIpc) is 3.59. The van der Waals surface area contributed by atoms with E-state index in [9.17, 15) is 22.8 Å². The van der Waals surface area contributed by atoms with Crippen LogP contribution in [0.4, 0.5) is 18.9 Å². The molecule has 1 amide bonds. The van der Waals surface area contributed by atoms with Gasteiger partial charge in [0.15, 0.2) is 11.5 Å². The molecule has 4 rings (SSSR count). The standard InChI is InChI=1S/C27H33F3N4O4/c1-4-10-37-24-16-34(22-8-9-33(15-22)25-17(2)32-38-18(25)3)14-20(24)12-23(35)13-31-26(36)19-6-5-7-21(11-19)27(28,29)30/h4-7,11,20,22,24H,1,8-10,12-16H2,2-3H3,(H,31,36)/t20?,22?,24-/m0/s1. The maximum Gasteiger partial charge on any atom is 0.416 e. The van der Waals surface area contributed by atoms with Gasteiger partial charge in [0.1, 0.15) is 11.4 Å². The number of hydrogen-bond donors (Lipinski definition) is 1. The molecule has 2 saturated heterocycles. The largest absolute Gasteiger partial charge is 0.416 e. The Bertz CT molecular complexity index is 1150. The van der Waals surface area contributed by atoms with E-state index in [4.69, 9.17) is 9.26 Å². The van der Waals surface area contributed by atoms with E-state index in [1.54, 1.807) is 6.08 Å². The van der Waals surface area contributed by atoms with E-state index in [0.29, 0.717) is 25.7 Å². The topological polar surface area (TPSA) is 87.9 Å². The molecule has 1 aromatic carbocycles. The smallest absolute Gasteiger partial charge is 0.372 e. The Hall–Kier alpha value is -3.18. The van der Waals surface area contributed by atoms with Crippen LogP contribution in [0, 0.1) is 19.8 Å². The van der Waals surface area contributed by atoms with Gasteiger partial charge < -0.3 is 19.5 Å². The number of aryl methyl sites for hydroxylation is 2. The van der Waals surface area contributed by atoms with E-state index in [-0.39, 0.29) is 36.3 Å². The quantitative estimate of drug-likeness (QED) is 0.464. The summed E-state index contributed by atoms with van der Waals surface area (Å²) in [5.41, 5.74) is 0.849. The lowest BCUT2D eigenvalue weighted by atomic mass is 9.99. The number of likely N-dealkylation sites (tertiary alicyclic amines) is 1. The monoisotopic (exact) mass is 534 g/mol. The molecule has 0 radical (unpaired) electrons. The molecule has 11 heteroatoms. The Morgan fingerprint density at radius 1 is 1.26 bits per heavy atom. The number of nitrogens with one attached hydrogen (secondary N) is 1. The number of carbonyl (C=O) groups excluding carboxylic acids is 2. The zero-order valence-corrected chi connectivity index (χ0v) is 21.6. The Morgan fingerprint density at radius 3 is 2.74 bits per heavy atom. The summed E-state index contributed by atoms with van der Waals surface area (Å²) in [6.07, 6.45) is -1.88. The number of halogens is 3. The number of ketones is 1. The number of hydrogen-bond acceptors (Lipinski definition) is 7. The van der Waals surface area contributed by atoms with E-state index in [1.807, 2.05) is 13.8 Å². The van der Waals surface area contributed by atoms with Crippen LogP contribution >= 0.6 is 0 Å². The first-order valence-electron chi connectivity index (χ1n) is 12.7. The molecule has 3 atom stereocenters. The van der Waals surface area contributed by atoms with Crippen LogP contribution in [-0.4, -0.2) is 73.2 Å². The van der Waals surface area contributed by atoms with Gasteiger partial charge in [0.25, 0.3) is 5.91 Å². The van der Waals surface area contributed by atoms with Crippen molar-refractivity contribution in [2.24, 2.45) is 5.92 Å². The molecule has 0 bridgehead atoms. The SMILES string of the molecule is C=CCO[C@H]1CN(C2CCN(c3c(C)noc3C)C2)CC1CC(=O)CNC(=O)c1cccc(C(F)(F)F)c1. The summed E-state index contributed by atoms with van der Waals surface area (Å²) in [5.74, 6) is -0.191. The van der Waals surface area contributed by atoms with Crippen molar-refractivity contribution in [3.63, 3.8) is 0 Å². The second-order valence-electron chi connectivity index (χ2n) is 9.94. The van der Waals surface area contributed by atoms with E-state index in [2.05, 4.69) is 26.9 Å². The van der Waals surface area contributed by atoms with Crippen LogP contribution in [0.2, 0.25) is 0 Å². The molecular formula is C27H33F3N4O4. The summed E-state index contributed by atoms with van der Waals surface area (Å²) in [6.45, 7) is 10.7. The molecule has 2 aliphatic heterocycles. The van der Waals surface area contributed by atoms with E-state index >= 15 is 0 Å². The van der Waals surface area contributed by atoms with Crippen LogP contribution in [0.1, 0.15) is 40.2 Å². The zero-order valence-electron chi connectivity index (χ0n) is 21.6. The van der Waals surface area contributed by atoms with Crippen molar-refractivity contribution in [3.8, 4) is 0 Å². The van der Waals surface area contributed by atoms with Crippen molar-refractivity contribution in [1.29, 1.82) is 0 Å². The summed E-state index contributed by atoms with van der Waals surface area (Å²) < 4.78 is 50.2. The summed E-state index contributed by atoms with van der Waals surface area (Å²) in [6, 6.07) is 4.43. The molecular weight excluding hydrogens is 501 g/mol. The first kappa shape index (κ1) is 27.8. The highest BCUT2D eigenvalue weighted by atomic mass is 19.4. The summed E-state index contributed by atoms with van der Waals surface area (Å²) in [4.78, 5) is 29.8. The number of aromatic nitrogens is 1. The second-order valence-corrected chi connectivity index (χ2v) is 9.94. The van der Waals surface area contributed by atoms with Crippen LogP contribution in [0.25, 0.3) is 0 Å². The predicted molar refractivity (Wildman–Crippen MR) is 135 cm³/mol. The van der Waals surface area contributed by atoms with Crippen LogP contribution in [-0.2, 0) is 15.7 Å². The highest BCUT2D eigenvalue weighted by molar-refractivity contribution is 5.96. The van der Waals surface area contributed by atoms with Gasteiger partial charge in [-0.2, -0.15) is 13.2 Å². The van der Waals surface area contributed by atoms with Crippen molar-refractivity contribution in [2.75, 3.05) is 44.2 Å². The van der Waals surface area contributed by atoms with E-state index < -0.39 is 17.6 Å². The Balaban J connectivity index is 1.33. The lowest BCUT2D eigenvalue weighted by molar-refractivity contribution is -0.137. The number of Topliss-reactive ketones (excluding diaryl/α,β-unsaturated/α-hetero) is 1. The molecule has 2 unspecified atom stereocenters. The van der Waals surface area contributed by atoms with Gasteiger partial charge in [-0.15, -0.1) is 6.58 Å². The van der Waals surface area contributed by atoms with Gasteiger partial charge in [0.05, 0.1) is 24.8 Å². The number of ether oxygens (including phenoxy) is 1. The molecule has 8 nitrogen and oxygen atoms in total. The maximum absolute atomic E-state index is 13.0. The summed E-state index contributed by atoms with van der Waals surface area (Å²) in [7, 11) is 0. The molecule has 206 valence electrons. The Morgan fingerprint density at radius 2 is 2.05 bits per heavy atom. The van der Waals surface area contributed by atoms with Gasteiger partial charge in [-0.3, -0.25) is 14.5 Å². The van der Waals surface area contributed by atoms with Crippen molar-refractivity contribution in [1.82, 2.24) is 15.4 Å². The normalized spacial score (nSPS) is 22.1. The van der Waals surface area contributed by atoms with Gasteiger partial charge >= 0.3 is 6.18 Å². The number of benzene rings is 1. The van der Waals surface area contributed by atoms with Crippen molar-refractivity contribution in [3.05, 3.63) is 59.5 Å². The minimum atomic E-state index is -4.55. The third-order valence-corrected chi connectivity index (χ3v) is 7.22. The molecule has 3 heterocycles. The first-order chi connectivity index (χ1) is 18.1. The second kappa shape index (κ2) is 11.7. The molecule has 0 saturated carbocycles. The van der Waals surface area contributed by atoms with Crippen molar-refractivity contribution < 1.29 is 32.0 Å². The molecule has 0 spiro atoms. The first-order valence-corrected chi connectivity index (χ1v) is 12.7. The molecule has 38 heavy (non-hydrogen) atoms. The Labute approximate surface area is 219 Å². The van der Waals surface area contributed by atoms with Gasteiger partial charge in [0.2, 0.25) is 0 Å². The highest BCUT2D eigenvalue weighted by Crippen LogP contribution is 2.33. The fourth-order valence-corrected chi connectivity index (χ4v) is 5.40. The maximum atomic E-state index is 13.0. The molecule has 2 fully saturated rings. The van der Waals surface area contributed by atoms with Gasteiger partial charge in [-0.25, -0.2) is 0 Å². The lowest BCUT2D eigenvalue weighted by Gasteiger charge is -2.25. The molecule has 1 N–H and O–H groups in total. The number of nitrogens with zero attached hydrogens (tertiary/aromatic N) is 3. The third-order valence-electron chi connectivity index (χ3n) is 7.22. The van der Waals surface area contributed by atoms with E-state index in [0.717, 1.165) is 48.8 Å². The molecule has 2 aromatic rings. The molecule has 0 aliphatic carbocycles. The van der Waals surface area contributed by atoms with Gasteiger partial charge in [0, 0.05) is 50.1 Å². The zero-order chi connectivity index (χ0) is 27.4. The van der Waals surface area contributed by atoms with E-state index in [1.165, 1.54) is 12.1 Å². The van der Waals surface area contributed by atoms with Crippen molar-refractivity contribution in [2.45, 2.75) is 45.0 Å². The van der Waals surface area contributed by atoms with Crippen LogP contribution in [0.5, 0.6) is 0 Å². The van der Waals surface area contributed by atoms with Crippen molar-refractivity contribution >= 4 is 17.4 Å². The van der Waals surface area contributed by atoms with Gasteiger partial charge in [-0.1, -0.05) is 17.3 Å². The summed E-state index contributed by atoms with van der Waals surface area (Å²) in [5, 5.41) is 6.52. The lowest BCUT2D eigenvalue weighted by Crippen LogP contribution is -2.37. The Kier molecular flexibility index (Phi) is 8.57. The van der Waals surface area contributed by atoms with Gasteiger partial charge in [-0.05, 0) is 38.5 Å². The number of alkyl halides is 3. The van der Waals surface area contributed by atoms with Crippen LogP contribution in [0.15, 0.2) is 41.4 Å².